The minimum absolute atomic E-state index is 0.826. The molecule has 0 saturated heterocycles. The molecule has 3 aromatic heterocycles. The quantitative estimate of drug-likeness (QED) is 0.238. The van der Waals surface area contributed by atoms with E-state index in [0.29, 0.717) is 0 Å². The second kappa shape index (κ2) is 9.03. The molecule has 0 bridgehead atoms. The SMILES string of the molecule is c1ccc(-n2c3ccccc3c3cc(-c4cn(-c5cccc(-c6nccc7ccccc67)c5)nn4)ccc32)cc1. The summed E-state index contributed by atoms with van der Waals surface area (Å²) in [6.45, 7) is 0. The van der Waals surface area contributed by atoms with E-state index < -0.39 is 0 Å². The van der Waals surface area contributed by atoms with E-state index in [1.807, 2.05) is 41.3 Å². The molecule has 40 heavy (non-hydrogen) atoms. The first-order chi connectivity index (χ1) is 19.8. The highest BCUT2D eigenvalue weighted by atomic mass is 15.4. The molecule has 188 valence electrons. The fourth-order valence-electron chi connectivity index (χ4n) is 5.66. The molecular formula is C35H23N5. The molecule has 0 aliphatic rings. The first-order valence-corrected chi connectivity index (χ1v) is 13.3. The van der Waals surface area contributed by atoms with Crippen molar-refractivity contribution in [3.8, 4) is 33.9 Å². The Kier molecular flexibility index (Phi) is 5.07. The average Bonchev–Trinajstić information content (AvgIpc) is 3.65. The fraction of sp³-hybridized carbons (Fsp3) is 0. The molecule has 0 fully saturated rings. The van der Waals surface area contributed by atoms with Crippen molar-refractivity contribution < 1.29 is 0 Å². The highest BCUT2D eigenvalue weighted by Crippen LogP contribution is 2.34. The maximum Gasteiger partial charge on any atom is 0.113 e. The lowest BCUT2D eigenvalue weighted by molar-refractivity contribution is 0.804. The van der Waals surface area contributed by atoms with Crippen LogP contribution in [0.2, 0.25) is 0 Å². The molecule has 0 spiro atoms. The minimum atomic E-state index is 0.826. The van der Waals surface area contributed by atoms with Crippen molar-refractivity contribution >= 4 is 32.6 Å². The largest absolute Gasteiger partial charge is 0.309 e. The maximum atomic E-state index is 4.70. The van der Waals surface area contributed by atoms with Gasteiger partial charge >= 0.3 is 0 Å². The third-order valence-electron chi connectivity index (χ3n) is 7.53. The second-order valence-corrected chi connectivity index (χ2v) is 9.90. The maximum absolute atomic E-state index is 4.70. The van der Waals surface area contributed by atoms with E-state index in [9.17, 15) is 0 Å². The van der Waals surface area contributed by atoms with Gasteiger partial charge in [0.05, 0.1) is 28.6 Å². The summed E-state index contributed by atoms with van der Waals surface area (Å²) in [4.78, 5) is 4.70. The Morgan fingerprint density at radius 2 is 1.30 bits per heavy atom. The number of para-hydroxylation sites is 2. The summed E-state index contributed by atoms with van der Waals surface area (Å²) in [6, 6.07) is 44.2. The molecule has 0 atom stereocenters. The van der Waals surface area contributed by atoms with Crippen LogP contribution in [0.3, 0.4) is 0 Å². The Bertz CT molecular complexity index is 2170. The van der Waals surface area contributed by atoms with Crippen LogP contribution in [-0.2, 0) is 0 Å². The number of nitrogens with zero attached hydrogens (tertiary/aromatic N) is 5. The van der Waals surface area contributed by atoms with Crippen molar-refractivity contribution in [3.05, 3.63) is 140 Å². The van der Waals surface area contributed by atoms with E-state index in [0.717, 1.165) is 39.3 Å². The van der Waals surface area contributed by atoms with Gasteiger partial charge in [0.2, 0.25) is 0 Å². The van der Waals surface area contributed by atoms with Crippen LogP contribution in [0.4, 0.5) is 0 Å². The predicted octanol–water partition coefficient (Wildman–Crippen LogP) is 8.25. The van der Waals surface area contributed by atoms with Crippen LogP contribution in [0.25, 0.3) is 66.5 Å². The van der Waals surface area contributed by atoms with Crippen LogP contribution in [0.15, 0.2) is 140 Å². The zero-order valence-corrected chi connectivity index (χ0v) is 21.5. The van der Waals surface area contributed by atoms with E-state index >= 15 is 0 Å². The summed E-state index contributed by atoms with van der Waals surface area (Å²) < 4.78 is 4.15. The molecule has 3 heterocycles. The lowest BCUT2D eigenvalue weighted by Crippen LogP contribution is -1.95. The zero-order valence-electron chi connectivity index (χ0n) is 21.5. The van der Waals surface area contributed by atoms with Gasteiger partial charge in [0.1, 0.15) is 5.69 Å². The van der Waals surface area contributed by atoms with E-state index in [-0.39, 0.29) is 0 Å². The van der Waals surface area contributed by atoms with Crippen molar-refractivity contribution in [1.82, 2.24) is 24.5 Å². The van der Waals surface area contributed by atoms with Gasteiger partial charge in [-0.2, -0.15) is 0 Å². The minimum Gasteiger partial charge on any atom is -0.309 e. The van der Waals surface area contributed by atoms with Gasteiger partial charge in [0.25, 0.3) is 0 Å². The Balaban J connectivity index is 1.21. The summed E-state index contributed by atoms with van der Waals surface area (Å²) in [5.74, 6) is 0. The van der Waals surface area contributed by atoms with Crippen molar-refractivity contribution in [2.24, 2.45) is 0 Å². The Morgan fingerprint density at radius 3 is 2.23 bits per heavy atom. The van der Waals surface area contributed by atoms with E-state index in [4.69, 9.17) is 4.98 Å². The molecule has 5 aromatic carbocycles. The molecule has 0 unspecified atom stereocenters. The number of aromatic nitrogens is 5. The number of hydrogen-bond acceptors (Lipinski definition) is 3. The van der Waals surface area contributed by atoms with Crippen molar-refractivity contribution in [3.63, 3.8) is 0 Å². The third-order valence-corrected chi connectivity index (χ3v) is 7.53. The van der Waals surface area contributed by atoms with Gasteiger partial charge in [-0.05, 0) is 53.9 Å². The summed E-state index contributed by atoms with van der Waals surface area (Å²) in [6.07, 6.45) is 3.86. The predicted molar refractivity (Wildman–Crippen MR) is 162 cm³/mol. The topological polar surface area (TPSA) is 48.5 Å². The van der Waals surface area contributed by atoms with Crippen LogP contribution in [0.1, 0.15) is 0 Å². The lowest BCUT2D eigenvalue weighted by atomic mass is 10.0. The first-order valence-electron chi connectivity index (χ1n) is 13.3. The van der Waals surface area contributed by atoms with Crippen LogP contribution < -0.4 is 0 Å². The molecule has 8 aromatic rings. The molecule has 5 nitrogen and oxygen atoms in total. The van der Waals surface area contributed by atoms with Gasteiger partial charge in [0.15, 0.2) is 0 Å². The Morgan fingerprint density at radius 1 is 0.525 bits per heavy atom. The number of pyridine rings is 1. The molecular weight excluding hydrogens is 490 g/mol. The lowest BCUT2D eigenvalue weighted by Gasteiger charge is -2.08. The number of fused-ring (bicyclic) bond motifs is 4. The summed E-state index contributed by atoms with van der Waals surface area (Å²) in [5, 5.41) is 13.8. The number of hydrogen-bond donors (Lipinski definition) is 0. The van der Waals surface area contributed by atoms with Gasteiger partial charge in [-0.1, -0.05) is 84.1 Å². The first kappa shape index (κ1) is 22.4. The summed E-state index contributed by atoms with van der Waals surface area (Å²) >= 11 is 0. The van der Waals surface area contributed by atoms with Crippen molar-refractivity contribution in [2.45, 2.75) is 0 Å². The van der Waals surface area contributed by atoms with E-state index in [1.54, 1.807) is 0 Å². The van der Waals surface area contributed by atoms with E-state index in [2.05, 4.69) is 118 Å². The highest BCUT2D eigenvalue weighted by molar-refractivity contribution is 6.10. The van der Waals surface area contributed by atoms with Crippen LogP contribution in [0, 0.1) is 0 Å². The summed E-state index contributed by atoms with van der Waals surface area (Å²) in [7, 11) is 0. The molecule has 0 radical (unpaired) electrons. The normalized spacial score (nSPS) is 11.5. The standard InChI is InChI=1S/C35H23N5/c1-2-11-27(12-3-1)40-33-16-7-6-15-30(33)31-22-25(17-18-34(31)40)32-23-39(38-37-32)28-13-8-10-26(21-28)35-29-14-5-4-9-24(29)19-20-36-35/h1-23H. The van der Waals surface area contributed by atoms with Gasteiger partial charge in [-0.25, -0.2) is 4.68 Å². The van der Waals surface area contributed by atoms with Crippen molar-refractivity contribution in [2.75, 3.05) is 0 Å². The average molecular weight is 514 g/mol. The number of rotatable bonds is 4. The molecule has 0 aliphatic carbocycles. The van der Waals surface area contributed by atoms with Crippen LogP contribution in [0.5, 0.6) is 0 Å². The van der Waals surface area contributed by atoms with Crippen LogP contribution in [-0.4, -0.2) is 24.5 Å². The molecule has 0 amide bonds. The molecule has 0 N–H and O–H groups in total. The Labute approximate surface area is 230 Å². The molecule has 8 rings (SSSR count). The number of benzene rings is 5. The van der Waals surface area contributed by atoms with Gasteiger partial charge in [0, 0.05) is 39.2 Å². The highest BCUT2D eigenvalue weighted by Gasteiger charge is 2.14. The fourth-order valence-corrected chi connectivity index (χ4v) is 5.66. The molecule has 0 aliphatic heterocycles. The molecule has 5 heteroatoms. The van der Waals surface area contributed by atoms with E-state index in [1.165, 1.54) is 27.2 Å². The Hall–Kier alpha value is -5.55. The van der Waals surface area contributed by atoms with Gasteiger partial charge in [-0.15, -0.1) is 5.10 Å². The van der Waals surface area contributed by atoms with Crippen molar-refractivity contribution in [1.29, 1.82) is 0 Å². The summed E-state index contributed by atoms with van der Waals surface area (Å²) in [5.41, 5.74) is 8.29. The molecule has 0 saturated carbocycles. The van der Waals surface area contributed by atoms with Gasteiger partial charge < -0.3 is 4.57 Å². The monoisotopic (exact) mass is 513 g/mol. The smallest absolute Gasteiger partial charge is 0.113 e. The van der Waals surface area contributed by atoms with Gasteiger partial charge in [-0.3, -0.25) is 4.98 Å². The second-order valence-electron chi connectivity index (χ2n) is 9.90. The van der Waals surface area contributed by atoms with Crippen LogP contribution >= 0.6 is 0 Å². The third kappa shape index (κ3) is 3.60. The zero-order chi connectivity index (χ0) is 26.5.